The van der Waals surface area contributed by atoms with Gasteiger partial charge in [-0.05, 0) is 30.0 Å². The first-order valence-electron chi connectivity index (χ1n) is 5.54. The summed E-state index contributed by atoms with van der Waals surface area (Å²) in [5, 5.41) is 19.4. The summed E-state index contributed by atoms with van der Waals surface area (Å²) in [4.78, 5) is 10.9. The van der Waals surface area contributed by atoms with Crippen LogP contribution in [0.5, 0.6) is 0 Å². The van der Waals surface area contributed by atoms with E-state index in [1.54, 1.807) is 12.1 Å². The summed E-state index contributed by atoms with van der Waals surface area (Å²) >= 11 is 3.32. The van der Waals surface area contributed by atoms with Crippen LogP contribution in [-0.4, -0.2) is 16.2 Å². The minimum atomic E-state index is -1.29. The molecule has 0 spiro atoms. The van der Waals surface area contributed by atoms with Crippen molar-refractivity contribution >= 4 is 21.9 Å². The predicted molar refractivity (Wildman–Crippen MR) is 69.7 cm³/mol. The Morgan fingerprint density at radius 2 is 1.88 bits per heavy atom. The number of hydrogen-bond donors (Lipinski definition) is 2. The van der Waals surface area contributed by atoms with Gasteiger partial charge in [-0.1, -0.05) is 41.9 Å². The van der Waals surface area contributed by atoms with Crippen LogP contribution in [0.25, 0.3) is 0 Å². The summed E-state index contributed by atoms with van der Waals surface area (Å²) in [6, 6.07) is 7.13. The average Bonchev–Trinajstić information content (AvgIpc) is 2.15. The fourth-order valence-electron chi connectivity index (χ4n) is 1.98. The van der Waals surface area contributed by atoms with Crippen molar-refractivity contribution in [2.45, 2.75) is 32.3 Å². The lowest BCUT2D eigenvalue weighted by atomic mass is 9.83. The van der Waals surface area contributed by atoms with Crippen LogP contribution in [0.1, 0.15) is 32.3 Å². The Bertz CT molecular complexity index is 386. The highest BCUT2D eigenvalue weighted by atomic mass is 79.9. The van der Waals surface area contributed by atoms with E-state index in [1.807, 2.05) is 26.0 Å². The van der Waals surface area contributed by atoms with Crippen molar-refractivity contribution in [2.24, 2.45) is 5.92 Å². The van der Waals surface area contributed by atoms with Crippen LogP contribution in [0.2, 0.25) is 0 Å². The van der Waals surface area contributed by atoms with E-state index in [1.165, 1.54) is 0 Å². The Kier molecular flexibility index (Phi) is 4.71. The summed E-state index contributed by atoms with van der Waals surface area (Å²) < 4.78 is 0.906. The van der Waals surface area contributed by atoms with Gasteiger partial charge in [0.15, 0.2) is 0 Å². The SMILES string of the molecule is CC(C)CC(O)(CC(=O)O)c1ccc(Br)cc1. The average molecular weight is 301 g/mol. The minimum Gasteiger partial charge on any atom is -0.481 e. The number of benzene rings is 1. The van der Waals surface area contributed by atoms with Crippen LogP contribution in [0.3, 0.4) is 0 Å². The monoisotopic (exact) mass is 300 g/mol. The molecule has 0 heterocycles. The zero-order valence-electron chi connectivity index (χ0n) is 9.98. The fraction of sp³-hybridized carbons (Fsp3) is 0.462. The van der Waals surface area contributed by atoms with Gasteiger partial charge in [-0.15, -0.1) is 0 Å². The molecular formula is C13H17BrO3. The molecule has 94 valence electrons. The third-order valence-electron chi connectivity index (χ3n) is 2.57. The molecule has 0 saturated carbocycles. The van der Waals surface area contributed by atoms with Crippen molar-refractivity contribution in [1.29, 1.82) is 0 Å². The topological polar surface area (TPSA) is 57.5 Å². The molecule has 0 saturated heterocycles. The molecule has 1 atom stereocenters. The van der Waals surface area contributed by atoms with Crippen molar-refractivity contribution in [3.63, 3.8) is 0 Å². The molecule has 1 unspecified atom stereocenters. The largest absolute Gasteiger partial charge is 0.481 e. The van der Waals surface area contributed by atoms with Gasteiger partial charge in [0.2, 0.25) is 0 Å². The zero-order valence-corrected chi connectivity index (χ0v) is 11.6. The summed E-state index contributed by atoms with van der Waals surface area (Å²) in [5.41, 5.74) is -0.641. The second-order valence-corrected chi connectivity index (χ2v) is 5.62. The van der Waals surface area contributed by atoms with Crippen LogP contribution in [-0.2, 0) is 10.4 Å². The van der Waals surface area contributed by atoms with Crippen LogP contribution in [0, 0.1) is 5.92 Å². The molecule has 1 aromatic rings. The summed E-state index contributed by atoms with van der Waals surface area (Å²) in [5.74, 6) is -0.765. The molecule has 1 rings (SSSR count). The summed E-state index contributed by atoms with van der Waals surface area (Å²) in [6.45, 7) is 3.93. The van der Waals surface area contributed by atoms with Crippen LogP contribution in [0.4, 0.5) is 0 Å². The van der Waals surface area contributed by atoms with E-state index in [4.69, 9.17) is 5.11 Å². The Morgan fingerprint density at radius 3 is 2.29 bits per heavy atom. The molecule has 0 amide bonds. The first kappa shape index (κ1) is 14.2. The van der Waals surface area contributed by atoms with Crippen molar-refractivity contribution in [1.82, 2.24) is 0 Å². The van der Waals surface area contributed by atoms with Gasteiger partial charge in [-0.2, -0.15) is 0 Å². The summed E-state index contributed by atoms with van der Waals surface area (Å²) in [6.07, 6.45) is 0.160. The number of carboxylic acid groups (broad SMARTS) is 1. The van der Waals surface area contributed by atoms with Gasteiger partial charge < -0.3 is 10.2 Å². The molecule has 2 N–H and O–H groups in total. The van der Waals surface area contributed by atoms with Crippen LogP contribution < -0.4 is 0 Å². The highest BCUT2D eigenvalue weighted by molar-refractivity contribution is 9.10. The first-order chi connectivity index (χ1) is 7.83. The van der Waals surface area contributed by atoms with E-state index < -0.39 is 11.6 Å². The fourth-order valence-corrected chi connectivity index (χ4v) is 2.24. The lowest BCUT2D eigenvalue weighted by Gasteiger charge is -2.29. The molecule has 0 aromatic heterocycles. The second-order valence-electron chi connectivity index (χ2n) is 4.71. The smallest absolute Gasteiger partial charge is 0.306 e. The van der Waals surface area contributed by atoms with Gasteiger partial charge >= 0.3 is 5.97 Å². The van der Waals surface area contributed by atoms with E-state index in [-0.39, 0.29) is 12.3 Å². The van der Waals surface area contributed by atoms with Crippen molar-refractivity contribution < 1.29 is 15.0 Å². The van der Waals surface area contributed by atoms with Crippen molar-refractivity contribution in [3.05, 3.63) is 34.3 Å². The lowest BCUT2D eigenvalue weighted by Crippen LogP contribution is -2.30. The number of halogens is 1. The molecule has 17 heavy (non-hydrogen) atoms. The first-order valence-corrected chi connectivity index (χ1v) is 6.33. The highest BCUT2D eigenvalue weighted by Gasteiger charge is 2.32. The molecule has 0 radical (unpaired) electrons. The molecule has 0 aliphatic heterocycles. The summed E-state index contributed by atoms with van der Waals surface area (Å²) in [7, 11) is 0. The van der Waals surface area contributed by atoms with Gasteiger partial charge in [0.25, 0.3) is 0 Å². The van der Waals surface area contributed by atoms with Crippen LogP contribution >= 0.6 is 15.9 Å². The molecule has 0 bridgehead atoms. The number of rotatable bonds is 5. The molecule has 0 aliphatic carbocycles. The second kappa shape index (κ2) is 5.65. The minimum absolute atomic E-state index is 0.225. The third kappa shape index (κ3) is 4.13. The molecule has 1 aromatic carbocycles. The highest BCUT2D eigenvalue weighted by Crippen LogP contribution is 2.32. The maximum atomic E-state index is 10.9. The van der Waals surface area contributed by atoms with E-state index in [0.29, 0.717) is 12.0 Å². The Labute approximate surface area is 110 Å². The van der Waals surface area contributed by atoms with E-state index in [0.717, 1.165) is 4.47 Å². The van der Waals surface area contributed by atoms with E-state index in [2.05, 4.69) is 15.9 Å². The van der Waals surface area contributed by atoms with E-state index >= 15 is 0 Å². The van der Waals surface area contributed by atoms with E-state index in [9.17, 15) is 9.90 Å². The number of hydrogen-bond acceptors (Lipinski definition) is 2. The number of carbonyl (C=O) groups is 1. The molecule has 4 heteroatoms. The lowest BCUT2D eigenvalue weighted by molar-refractivity contribution is -0.143. The number of carboxylic acids is 1. The van der Waals surface area contributed by atoms with Gasteiger partial charge in [0, 0.05) is 4.47 Å². The molecule has 3 nitrogen and oxygen atoms in total. The van der Waals surface area contributed by atoms with Crippen molar-refractivity contribution in [2.75, 3.05) is 0 Å². The molecule has 0 aliphatic rings. The van der Waals surface area contributed by atoms with Gasteiger partial charge in [-0.3, -0.25) is 4.79 Å². The normalized spacial score (nSPS) is 14.6. The molecule has 0 fully saturated rings. The Hall–Kier alpha value is -0.870. The maximum absolute atomic E-state index is 10.9. The van der Waals surface area contributed by atoms with Gasteiger partial charge in [0.1, 0.15) is 5.60 Å². The Morgan fingerprint density at radius 1 is 1.35 bits per heavy atom. The Balaban J connectivity index is 3.04. The van der Waals surface area contributed by atoms with Gasteiger partial charge in [-0.25, -0.2) is 0 Å². The standard InChI is InChI=1S/C13H17BrO3/c1-9(2)7-13(17,8-12(15)16)10-3-5-11(14)6-4-10/h3-6,9,17H,7-8H2,1-2H3,(H,15,16). The molecular weight excluding hydrogens is 284 g/mol. The number of aliphatic hydroxyl groups is 1. The predicted octanol–water partition coefficient (Wildman–Crippen LogP) is 3.16. The van der Waals surface area contributed by atoms with Gasteiger partial charge in [0.05, 0.1) is 6.42 Å². The van der Waals surface area contributed by atoms with Crippen molar-refractivity contribution in [3.8, 4) is 0 Å². The quantitative estimate of drug-likeness (QED) is 0.878. The zero-order chi connectivity index (χ0) is 13.1. The van der Waals surface area contributed by atoms with Crippen LogP contribution in [0.15, 0.2) is 28.7 Å². The number of aliphatic carboxylic acids is 1. The maximum Gasteiger partial charge on any atom is 0.306 e. The third-order valence-corrected chi connectivity index (χ3v) is 3.10.